The van der Waals surface area contributed by atoms with E-state index in [0.717, 1.165) is 31.2 Å². The molecule has 2 amide bonds. The van der Waals surface area contributed by atoms with Crippen LogP contribution in [-0.4, -0.2) is 17.9 Å². The van der Waals surface area contributed by atoms with Crippen molar-refractivity contribution >= 4 is 11.8 Å². The van der Waals surface area contributed by atoms with Crippen LogP contribution in [0.15, 0.2) is 36.4 Å². The fourth-order valence-electron chi connectivity index (χ4n) is 2.55. The number of rotatable bonds is 6. The first-order valence-corrected chi connectivity index (χ1v) is 8.42. The summed E-state index contributed by atoms with van der Waals surface area (Å²) in [6, 6.07) is 7.58. The van der Waals surface area contributed by atoms with Crippen LogP contribution in [0.5, 0.6) is 0 Å². The Labute approximate surface area is 138 Å². The molecule has 0 saturated carbocycles. The molecule has 0 saturated heterocycles. The number of carbonyl (C=O) groups excluding carboxylic acids is 2. The summed E-state index contributed by atoms with van der Waals surface area (Å²) in [5.74, 6) is 0.164. The molecule has 1 aromatic rings. The van der Waals surface area contributed by atoms with Crippen molar-refractivity contribution in [2.45, 2.75) is 52.1 Å². The number of amides is 2. The summed E-state index contributed by atoms with van der Waals surface area (Å²) >= 11 is 0. The second-order valence-electron chi connectivity index (χ2n) is 6.18. The first kappa shape index (κ1) is 17.3. The number of hydrogen-bond acceptors (Lipinski definition) is 2. The molecule has 2 N–H and O–H groups in total. The zero-order valence-corrected chi connectivity index (χ0v) is 14.0. The maximum absolute atomic E-state index is 12.1. The van der Waals surface area contributed by atoms with Crippen LogP contribution in [0, 0.1) is 5.92 Å². The minimum atomic E-state index is -0.0519. The number of hydrogen-bond donors (Lipinski definition) is 2. The number of allylic oxidation sites excluding steroid dienone is 2. The summed E-state index contributed by atoms with van der Waals surface area (Å²) in [6.45, 7) is 4.54. The number of nitrogens with one attached hydrogen (secondary N) is 2. The Kier molecular flexibility index (Phi) is 6.39. The highest BCUT2D eigenvalue weighted by Gasteiger charge is 2.18. The molecule has 1 aliphatic rings. The normalized spacial score (nSPS) is 18.3. The maximum atomic E-state index is 12.1. The lowest BCUT2D eigenvalue weighted by Gasteiger charge is -2.17. The van der Waals surface area contributed by atoms with Crippen molar-refractivity contribution in [3.8, 4) is 0 Å². The molecular formula is C19H26N2O2. The summed E-state index contributed by atoms with van der Waals surface area (Å²) in [4.78, 5) is 24.1. The molecule has 0 spiro atoms. The smallest absolute Gasteiger partial charge is 0.251 e. The zero-order valence-electron chi connectivity index (χ0n) is 14.0. The van der Waals surface area contributed by atoms with E-state index in [9.17, 15) is 9.59 Å². The lowest BCUT2D eigenvalue weighted by atomic mass is 9.93. The molecule has 2 rings (SSSR count). The van der Waals surface area contributed by atoms with Crippen molar-refractivity contribution in [3.63, 3.8) is 0 Å². The molecule has 1 aromatic carbocycles. The second-order valence-corrected chi connectivity index (χ2v) is 6.18. The van der Waals surface area contributed by atoms with E-state index in [4.69, 9.17) is 0 Å². The molecule has 0 radical (unpaired) electrons. The van der Waals surface area contributed by atoms with Crippen molar-refractivity contribution in [2.75, 3.05) is 0 Å². The maximum Gasteiger partial charge on any atom is 0.251 e. The van der Waals surface area contributed by atoms with Gasteiger partial charge in [0.05, 0.1) is 0 Å². The molecule has 23 heavy (non-hydrogen) atoms. The van der Waals surface area contributed by atoms with Crippen molar-refractivity contribution in [1.29, 1.82) is 0 Å². The van der Waals surface area contributed by atoms with E-state index in [1.165, 1.54) is 0 Å². The molecule has 0 fully saturated rings. The number of carbonyl (C=O) groups is 2. The molecule has 0 aromatic heterocycles. The lowest BCUT2D eigenvalue weighted by molar-refractivity contribution is -0.125. The standard InChI is InChI=1S/C19H26N2O2/c1-3-14(2)21-19(23)17-11-9-15(10-12-17)13-20-18(22)16-7-5-4-6-8-16/h4-5,9-12,14,16H,3,6-8,13H2,1-2H3,(H,20,22)(H,21,23)/t14-,16+/m0/s1. The van der Waals surface area contributed by atoms with Gasteiger partial charge in [-0.1, -0.05) is 31.2 Å². The largest absolute Gasteiger partial charge is 0.352 e. The summed E-state index contributed by atoms with van der Waals surface area (Å²) in [5, 5.41) is 5.93. The summed E-state index contributed by atoms with van der Waals surface area (Å²) < 4.78 is 0. The molecule has 0 unspecified atom stereocenters. The molecule has 4 nitrogen and oxygen atoms in total. The Balaban J connectivity index is 1.84. The van der Waals surface area contributed by atoms with Crippen LogP contribution < -0.4 is 10.6 Å². The van der Waals surface area contributed by atoms with Gasteiger partial charge in [0.2, 0.25) is 5.91 Å². The summed E-state index contributed by atoms with van der Waals surface area (Å²) in [5.41, 5.74) is 1.66. The predicted molar refractivity (Wildman–Crippen MR) is 92.0 cm³/mol. The van der Waals surface area contributed by atoms with Gasteiger partial charge in [0.15, 0.2) is 0 Å². The summed E-state index contributed by atoms with van der Waals surface area (Å²) in [7, 11) is 0. The highest BCUT2D eigenvalue weighted by Crippen LogP contribution is 2.18. The molecule has 0 aliphatic heterocycles. The van der Waals surface area contributed by atoms with Crippen molar-refractivity contribution < 1.29 is 9.59 Å². The lowest BCUT2D eigenvalue weighted by Crippen LogP contribution is -2.32. The fraction of sp³-hybridized carbons (Fsp3) is 0.474. The van der Waals surface area contributed by atoms with Crippen LogP contribution in [0.3, 0.4) is 0 Å². The number of benzene rings is 1. The van der Waals surface area contributed by atoms with Gasteiger partial charge in [-0.3, -0.25) is 9.59 Å². The van der Waals surface area contributed by atoms with Crippen LogP contribution in [-0.2, 0) is 11.3 Å². The van der Waals surface area contributed by atoms with Gasteiger partial charge in [-0.05, 0) is 50.3 Å². The van der Waals surface area contributed by atoms with Crippen molar-refractivity contribution in [2.24, 2.45) is 5.92 Å². The van der Waals surface area contributed by atoms with Gasteiger partial charge in [0.1, 0.15) is 0 Å². The van der Waals surface area contributed by atoms with E-state index >= 15 is 0 Å². The monoisotopic (exact) mass is 314 g/mol. The highest BCUT2D eigenvalue weighted by molar-refractivity contribution is 5.94. The Morgan fingerprint density at radius 3 is 2.57 bits per heavy atom. The van der Waals surface area contributed by atoms with Crippen LogP contribution in [0.1, 0.15) is 55.5 Å². The van der Waals surface area contributed by atoms with Gasteiger partial charge in [-0.25, -0.2) is 0 Å². The topological polar surface area (TPSA) is 58.2 Å². The third-order valence-electron chi connectivity index (χ3n) is 4.31. The molecule has 0 bridgehead atoms. The minimum Gasteiger partial charge on any atom is -0.352 e. The third kappa shape index (κ3) is 5.23. The highest BCUT2D eigenvalue weighted by atomic mass is 16.2. The fourth-order valence-corrected chi connectivity index (χ4v) is 2.55. The Hall–Kier alpha value is -2.10. The second kappa shape index (κ2) is 8.51. The van der Waals surface area contributed by atoms with Crippen LogP contribution in [0.25, 0.3) is 0 Å². The first-order valence-electron chi connectivity index (χ1n) is 8.42. The SMILES string of the molecule is CC[C@H](C)NC(=O)c1ccc(CNC(=O)[C@@H]2CC=CCC2)cc1. The van der Waals surface area contributed by atoms with Gasteiger partial charge < -0.3 is 10.6 Å². The molecule has 124 valence electrons. The predicted octanol–water partition coefficient (Wildman–Crippen LogP) is 3.19. The van der Waals surface area contributed by atoms with Crippen LogP contribution >= 0.6 is 0 Å². The van der Waals surface area contributed by atoms with E-state index in [1.54, 1.807) is 0 Å². The first-order chi connectivity index (χ1) is 11.1. The Morgan fingerprint density at radius 2 is 1.96 bits per heavy atom. The average molecular weight is 314 g/mol. The van der Waals surface area contributed by atoms with E-state index in [-0.39, 0.29) is 23.8 Å². The molecule has 1 aliphatic carbocycles. The molecule has 0 heterocycles. The van der Waals surface area contributed by atoms with E-state index in [0.29, 0.717) is 12.1 Å². The Bertz CT molecular complexity index is 563. The van der Waals surface area contributed by atoms with Crippen LogP contribution in [0.2, 0.25) is 0 Å². The molecule has 4 heteroatoms. The third-order valence-corrected chi connectivity index (χ3v) is 4.31. The van der Waals surface area contributed by atoms with E-state index in [1.807, 2.05) is 38.1 Å². The minimum absolute atomic E-state index is 0.0519. The van der Waals surface area contributed by atoms with Gasteiger partial charge >= 0.3 is 0 Å². The van der Waals surface area contributed by atoms with Gasteiger partial charge in [-0.2, -0.15) is 0 Å². The average Bonchev–Trinajstić information content (AvgIpc) is 2.60. The summed E-state index contributed by atoms with van der Waals surface area (Å²) in [6.07, 6.45) is 7.87. The van der Waals surface area contributed by atoms with E-state index < -0.39 is 0 Å². The molecular weight excluding hydrogens is 288 g/mol. The van der Waals surface area contributed by atoms with Gasteiger partial charge in [0.25, 0.3) is 5.91 Å². The quantitative estimate of drug-likeness (QED) is 0.792. The van der Waals surface area contributed by atoms with E-state index in [2.05, 4.69) is 22.8 Å². The van der Waals surface area contributed by atoms with Gasteiger partial charge in [0, 0.05) is 24.1 Å². The van der Waals surface area contributed by atoms with Crippen LogP contribution in [0.4, 0.5) is 0 Å². The van der Waals surface area contributed by atoms with Gasteiger partial charge in [-0.15, -0.1) is 0 Å². The Morgan fingerprint density at radius 1 is 1.22 bits per heavy atom. The van der Waals surface area contributed by atoms with Crippen molar-refractivity contribution in [1.82, 2.24) is 10.6 Å². The van der Waals surface area contributed by atoms with Crippen molar-refractivity contribution in [3.05, 3.63) is 47.5 Å². The zero-order chi connectivity index (χ0) is 16.7. The molecule has 2 atom stereocenters.